The molecule has 112 valence electrons. The fourth-order valence-electron chi connectivity index (χ4n) is 2.24. The van der Waals surface area contributed by atoms with E-state index in [1.807, 2.05) is 25.1 Å². The first-order valence-corrected chi connectivity index (χ1v) is 8.22. The standard InChI is InChI=1S/C16H15Br2F2N/c1-2-21-16(13-5-3-11(17)9-14(13)18)8-10-7-12(19)4-6-15(10)20/h3-7,9,16,21H,2,8H2,1H3. The summed E-state index contributed by atoms with van der Waals surface area (Å²) in [6.07, 6.45) is 0.387. The van der Waals surface area contributed by atoms with Crippen molar-refractivity contribution in [3.8, 4) is 0 Å². The molecule has 0 aromatic heterocycles. The molecular weight excluding hydrogens is 404 g/mol. The third-order valence-corrected chi connectivity index (χ3v) is 4.40. The second kappa shape index (κ2) is 7.47. The lowest BCUT2D eigenvalue weighted by molar-refractivity contribution is 0.520. The maximum absolute atomic E-state index is 13.8. The molecule has 0 bridgehead atoms. The summed E-state index contributed by atoms with van der Waals surface area (Å²) >= 11 is 6.94. The summed E-state index contributed by atoms with van der Waals surface area (Å²) in [5.74, 6) is -0.802. The summed E-state index contributed by atoms with van der Waals surface area (Å²) in [7, 11) is 0. The third-order valence-electron chi connectivity index (χ3n) is 3.22. The van der Waals surface area contributed by atoms with E-state index in [2.05, 4.69) is 37.2 Å². The predicted octanol–water partition coefficient (Wildman–Crippen LogP) is 5.38. The van der Waals surface area contributed by atoms with E-state index >= 15 is 0 Å². The first-order chi connectivity index (χ1) is 10.0. The Labute approximate surface area is 140 Å². The molecule has 21 heavy (non-hydrogen) atoms. The quantitative estimate of drug-likeness (QED) is 0.686. The topological polar surface area (TPSA) is 12.0 Å². The molecule has 0 aliphatic carbocycles. The number of nitrogens with one attached hydrogen (secondary N) is 1. The van der Waals surface area contributed by atoms with Crippen molar-refractivity contribution in [3.63, 3.8) is 0 Å². The molecule has 0 saturated carbocycles. The second-order valence-corrected chi connectivity index (χ2v) is 6.49. The van der Waals surface area contributed by atoms with Crippen molar-refractivity contribution in [3.05, 3.63) is 68.1 Å². The van der Waals surface area contributed by atoms with Gasteiger partial charge in [0.2, 0.25) is 0 Å². The zero-order chi connectivity index (χ0) is 15.4. The van der Waals surface area contributed by atoms with Crippen LogP contribution in [0, 0.1) is 11.6 Å². The normalized spacial score (nSPS) is 12.4. The number of rotatable bonds is 5. The molecule has 2 aromatic carbocycles. The van der Waals surface area contributed by atoms with Crippen LogP contribution in [0.5, 0.6) is 0 Å². The van der Waals surface area contributed by atoms with Crippen LogP contribution in [0.25, 0.3) is 0 Å². The maximum Gasteiger partial charge on any atom is 0.126 e. The van der Waals surface area contributed by atoms with Gasteiger partial charge in [0.05, 0.1) is 0 Å². The van der Waals surface area contributed by atoms with Gasteiger partial charge in [-0.3, -0.25) is 0 Å². The van der Waals surface area contributed by atoms with E-state index in [-0.39, 0.29) is 11.9 Å². The van der Waals surface area contributed by atoms with E-state index in [9.17, 15) is 8.78 Å². The van der Waals surface area contributed by atoms with E-state index in [1.54, 1.807) is 0 Å². The summed E-state index contributed by atoms with van der Waals surface area (Å²) in [6, 6.07) is 9.33. The highest BCUT2D eigenvalue weighted by molar-refractivity contribution is 9.11. The molecule has 0 amide bonds. The molecule has 0 saturated heterocycles. The van der Waals surface area contributed by atoms with Gasteiger partial charge in [0.15, 0.2) is 0 Å². The van der Waals surface area contributed by atoms with Crippen molar-refractivity contribution in [2.75, 3.05) is 6.54 Å². The number of likely N-dealkylation sites (N-methyl/N-ethyl adjacent to an activating group) is 1. The zero-order valence-corrected chi connectivity index (χ0v) is 14.6. The van der Waals surface area contributed by atoms with Gasteiger partial charge in [-0.25, -0.2) is 8.78 Å². The molecule has 1 N–H and O–H groups in total. The third kappa shape index (κ3) is 4.34. The maximum atomic E-state index is 13.8. The molecule has 0 spiro atoms. The van der Waals surface area contributed by atoms with Crippen LogP contribution in [-0.2, 0) is 6.42 Å². The molecule has 0 fully saturated rings. The Hall–Kier alpha value is -0.780. The summed E-state index contributed by atoms with van der Waals surface area (Å²) in [6.45, 7) is 2.73. The molecule has 5 heteroatoms. The van der Waals surface area contributed by atoms with Crippen molar-refractivity contribution >= 4 is 31.9 Å². The van der Waals surface area contributed by atoms with Gasteiger partial charge >= 0.3 is 0 Å². The molecular formula is C16H15Br2F2N. The van der Waals surface area contributed by atoms with Crippen molar-refractivity contribution in [2.24, 2.45) is 0 Å². The Bertz CT molecular complexity index is 632. The van der Waals surface area contributed by atoms with Gasteiger partial charge in [0, 0.05) is 15.0 Å². The van der Waals surface area contributed by atoms with E-state index in [0.29, 0.717) is 12.0 Å². The fraction of sp³-hybridized carbons (Fsp3) is 0.250. The van der Waals surface area contributed by atoms with Gasteiger partial charge in [0.25, 0.3) is 0 Å². The second-order valence-electron chi connectivity index (χ2n) is 4.72. The smallest absolute Gasteiger partial charge is 0.126 e. The van der Waals surface area contributed by atoms with Crippen molar-refractivity contribution in [1.82, 2.24) is 5.32 Å². The first-order valence-electron chi connectivity index (χ1n) is 6.63. The van der Waals surface area contributed by atoms with Crippen molar-refractivity contribution in [2.45, 2.75) is 19.4 Å². The van der Waals surface area contributed by atoms with Crippen LogP contribution in [0.4, 0.5) is 8.78 Å². The largest absolute Gasteiger partial charge is 0.310 e. The van der Waals surface area contributed by atoms with Crippen LogP contribution in [0.3, 0.4) is 0 Å². The molecule has 1 unspecified atom stereocenters. The number of benzene rings is 2. The van der Waals surface area contributed by atoms with Gasteiger partial charge in [0.1, 0.15) is 11.6 Å². The lowest BCUT2D eigenvalue weighted by atomic mass is 9.98. The van der Waals surface area contributed by atoms with Crippen LogP contribution in [0.2, 0.25) is 0 Å². The summed E-state index contributed by atoms with van der Waals surface area (Å²) < 4.78 is 29.0. The fourth-order valence-corrected chi connectivity index (χ4v) is 3.57. The molecule has 0 aliphatic heterocycles. The van der Waals surface area contributed by atoms with Gasteiger partial charge < -0.3 is 5.32 Å². The molecule has 0 aliphatic rings. The van der Waals surface area contributed by atoms with Gasteiger partial charge in [-0.1, -0.05) is 44.8 Å². The Morgan fingerprint density at radius 3 is 2.52 bits per heavy atom. The first kappa shape index (κ1) is 16.6. The Kier molecular flexibility index (Phi) is 5.90. The van der Waals surface area contributed by atoms with Gasteiger partial charge in [-0.2, -0.15) is 0 Å². The van der Waals surface area contributed by atoms with E-state index in [0.717, 1.165) is 27.1 Å². The molecule has 1 atom stereocenters. The number of hydrogen-bond acceptors (Lipinski definition) is 1. The number of halogens is 4. The Morgan fingerprint density at radius 1 is 1.10 bits per heavy atom. The predicted molar refractivity (Wildman–Crippen MR) is 88.3 cm³/mol. The lowest BCUT2D eigenvalue weighted by Crippen LogP contribution is -2.23. The SMILES string of the molecule is CCNC(Cc1cc(F)ccc1F)c1ccc(Br)cc1Br. The minimum atomic E-state index is -0.420. The summed E-state index contributed by atoms with van der Waals surface area (Å²) in [5.41, 5.74) is 1.39. The van der Waals surface area contributed by atoms with Crippen LogP contribution in [0.15, 0.2) is 45.3 Å². The average Bonchev–Trinajstić information content (AvgIpc) is 2.42. The minimum absolute atomic E-state index is 0.0891. The van der Waals surface area contributed by atoms with Crippen LogP contribution >= 0.6 is 31.9 Å². The number of hydrogen-bond donors (Lipinski definition) is 1. The molecule has 2 rings (SSSR count). The Balaban J connectivity index is 2.32. The van der Waals surface area contributed by atoms with Crippen LogP contribution < -0.4 is 5.32 Å². The highest BCUT2D eigenvalue weighted by Crippen LogP contribution is 2.29. The van der Waals surface area contributed by atoms with Crippen LogP contribution in [-0.4, -0.2) is 6.54 Å². The summed E-state index contributed by atoms with van der Waals surface area (Å²) in [5, 5.41) is 3.32. The lowest BCUT2D eigenvalue weighted by Gasteiger charge is -2.20. The van der Waals surface area contributed by atoms with E-state index in [1.165, 1.54) is 12.1 Å². The molecule has 2 aromatic rings. The van der Waals surface area contributed by atoms with E-state index < -0.39 is 5.82 Å². The van der Waals surface area contributed by atoms with E-state index in [4.69, 9.17) is 0 Å². The highest BCUT2D eigenvalue weighted by Gasteiger charge is 2.17. The highest BCUT2D eigenvalue weighted by atomic mass is 79.9. The Morgan fingerprint density at radius 2 is 1.86 bits per heavy atom. The molecule has 1 nitrogen and oxygen atoms in total. The molecule has 0 heterocycles. The van der Waals surface area contributed by atoms with Gasteiger partial charge in [-0.05, 0) is 54.4 Å². The summed E-state index contributed by atoms with van der Waals surface area (Å²) in [4.78, 5) is 0. The van der Waals surface area contributed by atoms with Gasteiger partial charge in [-0.15, -0.1) is 0 Å². The van der Waals surface area contributed by atoms with Crippen molar-refractivity contribution < 1.29 is 8.78 Å². The van der Waals surface area contributed by atoms with Crippen molar-refractivity contribution in [1.29, 1.82) is 0 Å². The zero-order valence-electron chi connectivity index (χ0n) is 11.5. The van der Waals surface area contributed by atoms with Crippen LogP contribution in [0.1, 0.15) is 24.1 Å². The minimum Gasteiger partial charge on any atom is -0.310 e. The molecule has 0 radical (unpaired) electrons. The monoisotopic (exact) mass is 417 g/mol. The average molecular weight is 419 g/mol.